The van der Waals surface area contributed by atoms with Crippen LogP contribution in [0.15, 0.2) is 40.8 Å². The van der Waals surface area contributed by atoms with Gasteiger partial charge in [-0.2, -0.15) is 5.11 Å². The smallest absolute Gasteiger partial charge is 0.345 e. The van der Waals surface area contributed by atoms with Gasteiger partial charge in [-0.15, -0.1) is 0 Å². The Morgan fingerprint density at radius 3 is 2.65 bits per heavy atom. The number of anilines is 1. The number of hydrazine groups is 1. The lowest BCUT2D eigenvalue weighted by atomic mass is 10.2. The van der Waals surface area contributed by atoms with E-state index < -0.39 is 5.97 Å². The van der Waals surface area contributed by atoms with Gasteiger partial charge in [-0.25, -0.2) is 15.3 Å². The van der Waals surface area contributed by atoms with Gasteiger partial charge in [0.05, 0.1) is 11.4 Å². The number of rotatable bonds is 2. The molecule has 1 aromatic rings. The molecule has 1 fully saturated rings. The van der Waals surface area contributed by atoms with Gasteiger partial charge in [-0.3, -0.25) is 0 Å². The first-order valence-electron chi connectivity index (χ1n) is 5.05. The molecule has 1 aliphatic rings. The van der Waals surface area contributed by atoms with E-state index >= 15 is 0 Å². The highest BCUT2D eigenvalue weighted by molar-refractivity contribution is 5.95. The predicted molar refractivity (Wildman–Crippen MR) is 60.7 cm³/mol. The van der Waals surface area contributed by atoms with Crippen LogP contribution >= 0.6 is 0 Å². The molecule has 1 saturated heterocycles. The lowest BCUT2D eigenvalue weighted by molar-refractivity contribution is -0.140. The molecule has 0 aliphatic carbocycles. The molecule has 0 radical (unpaired) electrons. The lowest BCUT2D eigenvalue weighted by Gasteiger charge is -2.15. The van der Waals surface area contributed by atoms with Gasteiger partial charge < -0.3 is 4.84 Å². The third kappa shape index (κ3) is 2.02. The Morgan fingerprint density at radius 1 is 1.41 bits per heavy atom. The van der Waals surface area contributed by atoms with Crippen LogP contribution in [0, 0.1) is 12.5 Å². The third-order valence-corrected chi connectivity index (χ3v) is 2.45. The molecule has 2 rings (SSSR count). The van der Waals surface area contributed by atoms with E-state index in [-0.39, 0.29) is 5.70 Å². The summed E-state index contributed by atoms with van der Waals surface area (Å²) in [6, 6.07) is 7.54. The van der Waals surface area contributed by atoms with E-state index in [1.807, 2.05) is 31.2 Å². The zero-order valence-electron chi connectivity index (χ0n) is 9.52. The van der Waals surface area contributed by atoms with E-state index in [1.54, 1.807) is 6.92 Å². The molecule has 1 aromatic carbocycles. The summed E-state index contributed by atoms with van der Waals surface area (Å²) in [6.07, 6.45) is 0. The second kappa shape index (κ2) is 4.34. The van der Waals surface area contributed by atoms with Crippen LogP contribution in [0.4, 0.5) is 5.69 Å². The molecule has 6 heteroatoms. The van der Waals surface area contributed by atoms with Crippen molar-refractivity contribution in [2.45, 2.75) is 13.8 Å². The minimum Gasteiger partial charge on any atom is -0.345 e. The second-order valence-corrected chi connectivity index (χ2v) is 3.70. The Hall–Kier alpha value is -2.21. The minimum atomic E-state index is -0.543. The number of carbonyl (C=O) groups excluding carboxylic acids is 1. The SMILES string of the molecule is C/C(N=N)=C1/C(=O)ONN1c1ccc(C)cc1. The van der Waals surface area contributed by atoms with Crippen LogP contribution in [-0.4, -0.2) is 5.97 Å². The van der Waals surface area contributed by atoms with E-state index in [0.29, 0.717) is 5.70 Å². The Labute approximate surface area is 98.3 Å². The summed E-state index contributed by atoms with van der Waals surface area (Å²) in [6.45, 7) is 3.56. The van der Waals surface area contributed by atoms with Crippen LogP contribution in [-0.2, 0) is 9.63 Å². The number of benzene rings is 1. The maximum Gasteiger partial charge on any atom is 0.378 e. The van der Waals surface area contributed by atoms with Crippen molar-refractivity contribution in [3.63, 3.8) is 0 Å². The number of aryl methyl sites for hydroxylation is 1. The molecular formula is C11H12N4O2. The standard InChI is InChI=1S/C11H12N4O2/c1-7-3-5-9(6-4-7)15-10(8(2)13-12)11(16)17-14-15/h3-6,12,14H,1-2H3/b10-8+,13-12?. The first-order chi connectivity index (χ1) is 8.13. The van der Waals surface area contributed by atoms with E-state index in [9.17, 15) is 4.79 Å². The third-order valence-electron chi connectivity index (χ3n) is 2.45. The van der Waals surface area contributed by atoms with E-state index in [2.05, 4.69) is 10.7 Å². The van der Waals surface area contributed by atoms with Crippen molar-refractivity contribution in [2.24, 2.45) is 5.11 Å². The summed E-state index contributed by atoms with van der Waals surface area (Å²) < 4.78 is 0. The number of nitrogens with one attached hydrogen (secondary N) is 2. The quantitative estimate of drug-likeness (QED) is 0.604. The van der Waals surface area contributed by atoms with Crippen LogP contribution < -0.4 is 10.6 Å². The molecule has 0 aromatic heterocycles. The molecule has 6 nitrogen and oxygen atoms in total. The average Bonchev–Trinajstić information content (AvgIpc) is 2.71. The van der Waals surface area contributed by atoms with Crippen molar-refractivity contribution >= 4 is 11.7 Å². The summed E-state index contributed by atoms with van der Waals surface area (Å²) in [5, 5.41) is 4.73. The van der Waals surface area contributed by atoms with Gasteiger partial charge in [0.1, 0.15) is 0 Å². The summed E-state index contributed by atoms with van der Waals surface area (Å²) in [7, 11) is 0. The number of carbonyl (C=O) groups is 1. The van der Waals surface area contributed by atoms with Crippen LogP contribution in [0.5, 0.6) is 0 Å². The normalized spacial score (nSPS) is 18.0. The highest BCUT2D eigenvalue weighted by Gasteiger charge is 2.31. The van der Waals surface area contributed by atoms with Gasteiger partial charge in [0.25, 0.3) is 0 Å². The average molecular weight is 232 g/mol. The fourth-order valence-electron chi connectivity index (χ4n) is 1.51. The lowest BCUT2D eigenvalue weighted by Crippen LogP contribution is -2.29. The molecule has 2 N–H and O–H groups in total. The number of allylic oxidation sites excluding steroid dienone is 1. The molecule has 0 amide bonds. The Kier molecular flexibility index (Phi) is 2.88. The number of nitrogens with zero attached hydrogens (tertiary/aromatic N) is 2. The molecule has 0 bridgehead atoms. The summed E-state index contributed by atoms with van der Waals surface area (Å²) >= 11 is 0. The topological polar surface area (TPSA) is 77.8 Å². The molecule has 0 unspecified atom stereocenters. The van der Waals surface area contributed by atoms with Crippen molar-refractivity contribution in [2.75, 3.05) is 5.01 Å². The molecule has 1 aliphatic heterocycles. The maximum atomic E-state index is 11.5. The van der Waals surface area contributed by atoms with Crippen molar-refractivity contribution in [3.05, 3.63) is 41.2 Å². The van der Waals surface area contributed by atoms with Crippen LogP contribution in [0.2, 0.25) is 0 Å². The van der Waals surface area contributed by atoms with Gasteiger partial charge in [-0.05, 0) is 26.0 Å². The Bertz CT molecular complexity index is 493. The molecule has 0 saturated carbocycles. The molecule has 1 heterocycles. The summed E-state index contributed by atoms with van der Waals surface area (Å²) in [5.41, 5.74) is 11.8. The molecular weight excluding hydrogens is 220 g/mol. The minimum absolute atomic E-state index is 0.226. The van der Waals surface area contributed by atoms with E-state index in [0.717, 1.165) is 11.3 Å². The zero-order chi connectivity index (χ0) is 12.4. The van der Waals surface area contributed by atoms with Crippen LogP contribution in [0.1, 0.15) is 12.5 Å². The van der Waals surface area contributed by atoms with Gasteiger partial charge in [0.2, 0.25) is 0 Å². The summed E-state index contributed by atoms with van der Waals surface area (Å²) in [5.74, 6) is -0.543. The van der Waals surface area contributed by atoms with E-state index in [1.165, 1.54) is 5.01 Å². The predicted octanol–water partition coefficient (Wildman–Crippen LogP) is 2.04. The van der Waals surface area contributed by atoms with Crippen LogP contribution in [0.3, 0.4) is 0 Å². The molecule has 17 heavy (non-hydrogen) atoms. The monoisotopic (exact) mass is 232 g/mol. The van der Waals surface area contributed by atoms with E-state index in [4.69, 9.17) is 10.4 Å². The van der Waals surface area contributed by atoms with Gasteiger partial charge in [0, 0.05) is 0 Å². The molecule has 0 spiro atoms. The fraction of sp³-hybridized carbons (Fsp3) is 0.182. The largest absolute Gasteiger partial charge is 0.378 e. The zero-order valence-corrected chi connectivity index (χ0v) is 9.52. The summed E-state index contributed by atoms with van der Waals surface area (Å²) in [4.78, 5) is 16.2. The maximum absolute atomic E-state index is 11.5. The highest BCUT2D eigenvalue weighted by Crippen LogP contribution is 2.24. The number of hydrogen-bond acceptors (Lipinski definition) is 6. The van der Waals surface area contributed by atoms with Crippen LogP contribution in [0.25, 0.3) is 0 Å². The van der Waals surface area contributed by atoms with Gasteiger partial charge >= 0.3 is 5.97 Å². The van der Waals surface area contributed by atoms with Gasteiger partial charge in [-0.1, -0.05) is 23.3 Å². The molecule has 88 valence electrons. The Morgan fingerprint density at radius 2 is 2.06 bits per heavy atom. The van der Waals surface area contributed by atoms with Crippen molar-refractivity contribution in [1.82, 2.24) is 5.59 Å². The highest BCUT2D eigenvalue weighted by atomic mass is 16.7. The number of hydrogen-bond donors (Lipinski definition) is 2. The van der Waals surface area contributed by atoms with Gasteiger partial charge in [0.15, 0.2) is 5.70 Å². The second-order valence-electron chi connectivity index (χ2n) is 3.70. The first kappa shape index (κ1) is 11.3. The van der Waals surface area contributed by atoms with Crippen molar-refractivity contribution < 1.29 is 9.63 Å². The van der Waals surface area contributed by atoms with Crippen molar-refractivity contribution in [3.8, 4) is 0 Å². The Balaban J connectivity index is 2.42. The fourth-order valence-corrected chi connectivity index (χ4v) is 1.51. The molecule has 0 atom stereocenters. The first-order valence-corrected chi connectivity index (χ1v) is 5.05. The van der Waals surface area contributed by atoms with Crippen molar-refractivity contribution in [1.29, 1.82) is 5.53 Å².